The van der Waals surface area contributed by atoms with Crippen molar-refractivity contribution in [2.75, 3.05) is 18.5 Å². The third-order valence-electron chi connectivity index (χ3n) is 2.26. The number of ether oxygens (including phenoxy) is 2. The average molecular weight is 286 g/mol. The SMILES string of the molecule is CCOC(OCC)C(=O)Nc1ccc(F)cc1[N+](=O)[O-]. The van der Waals surface area contributed by atoms with E-state index >= 15 is 0 Å². The van der Waals surface area contributed by atoms with E-state index in [0.717, 1.165) is 18.2 Å². The minimum absolute atomic E-state index is 0.120. The summed E-state index contributed by atoms with van der Waals surface area (Å²) in [5, 5.41) is 13.1. The molecule has 1 rings (SSSR count). The topological polar surface area (TPSA) is 90.7 Å². The van der Waals surface area contributed by atoms with E-state index in [4.69, 9.17) is 9.47 Å². The number of carbonyl (C=O) groups is 1. The van der Waals surface area contributed by atoms with E-state index in [1.807, 2.05) is 0 Å². The first kappa shape index (κ1) is 16.0. The first-order valence-electron chi connectivity index (χ1n) is 5.97. The Morgan fingerprint density at radius 3 is 2.50 bits per heavy atom. The molecule has 0 atom stereocenters. The molecule has 0 fully saturated rings. The van der Waals surface area contributed by atoms with Gasteiger partial charge in [0, 0.05) is 13.2 Å². The largest absolute Gasteiger partial charge is 0.345 e. The van der Waals surface area contributed by atoms with Gasteiger partial charge in [-0.3, -0.25) is 14.9 Å². The van der Waals surface area contributed by atoms with Crippen molar-refractivity contribution in [3.63, 3.8) is 0 Å². The van der Waals surface area contributed by atoms with Gasteiger partial charge in [0.15, 0.2) is 0 Å². The summed E-state index contributed by atoms with van der Waals surface area (Å²) >= 11 is 0. The van der Waals surface area contributed by atoms with Crippen molar-refractivity contribution in [3.8, 4) is 0 Å². The molecular formula is C12H15FN2O5. The first-order chi connectivity index (χ1) is 9.49. The molecule has 0 spiro atoms. The molecule has 0 saturated carbocycles. The Labute approximate surface area is 114 Å². The Bertz CT molecular complexity index is 489. The fourth-order valence-electron chi connectivity index (χ4n) is 1.46. The minimum atomic E-state index is -1.17. The fraction of sp³-hybridized carbons (Fsp3) is 0.417. The summed E-state index contributed by atoms with van der Waals surface area (Å²) in [7, 11) is 0. The second-order valence-corrected chi connectivity index (χ2v) is 3.65. The summed E-state index contributed by atoms with van der Waals surface area (Å²) in [4.78, 5) is 21.9. The van der Waals surface area contributed by atoms with Crippen LogP contribution in [0.2, 0.25) is 0 Å². The van der Waals surface area contributed by atoms with Crippen molar-refractivity contribution in [1.29, 1.82) is 0 Å². The van der Waals surface area contributed by atoms with Gasteiger partial charge in [-0.15, -0.1) is 0 Å². The molecule has 7 nitrogen and oxygen atoms in total. The molecule has 1 aromatic rings. The van der Waals surface area contributed by atoms with Gasteiger partial charge in [0.2, 0.25) is 6.29 Å². The summed E-state index contributed by atoms with van der Waals surface area (Å²) in [6, 6.07) is 2.85. The lowest BCUT2D eigenvalue weighted by atomic mass is 10.2. The number of anilines is 1. The summed E-state index contributed by atoms with van der Waals surface area (Å²) < 4.78 is 23.1. The van der Waals surface area contributed by atoms with Crippen molar-refractivity contribution < 1.29 is 23.6 Å². The number of rotatable bonds is 7. The predicted octanol–water partition coefficient (Wildman–Crippen LogP) is 2.07. The number of nitro groups is 1. The molecule has 0 aliphatic carbocycles. The summed E-state index contributed by atoms with van der Waals surface area (Å²) in [5.41, 5.74) is -0.657. The maximum absolute atomic E-state index is 13.0. The molecule has 0 aliphatic rings. The number of hydrogen-bond donors (Lipinski definition) is 1. The van der Waals surface area contributed by atoms with E-state index in [1.165, 1.54) is 0 Å². The Morgan fingerprint density at radius 1 is 1.40 bits per heavy atom. The van der Waals surface area contributed by atoms with E-state index in [9.17, 15) is 19.3 Å². The van der Waals surface area contributed by atoms with Gasteiger partial charge >= 0.3 is 0 Å². The van der Waals surface area contributed by atoms with Crippen molar-refractivity contribution in [2.24, 2.45) is 0 Å². The molecule has 0 unspecified atom stereocenters. The minimum Gasteiger partial charge on any atom is -0.345 e. The average Bonchev–Trinajstić information content (AvgIpc) is 2.40. The Balaban J connectivity index is 2.91. The van der Waals surface area contributed by atoms with Gasteiger partial charge in [-0.2, -0.15) is 0 Å². The van der Waals surface area contributed by atoms with E-state index in [2.05, 4.69) is 5.32 Å². The molecular weight excluding hydrogens is 271 g/mol. The maximum Gasteiger partial charge on any atom is 0.295 e. The highest BCUT2D eigenvalue weighted by molar-refractivity contribution is 5.95. The molecule has 0 heterocycles. The first-order valence-corrected chi connectivity index (χ1v) is 5.97. The lowest BCUT2D eigenvalue weighted by Crippen LogP contribution is -2.33. The zero-order valence-corrected chi connectivity index (χ0v) is 11.1. The Morgan fingerprint density at radius 2 is 2.00 bits per heavy atom. The normalized spacial score (nSPS) is 10.6. The maximum atomic E-state index is 13.0. The monoisotopic (exact) mass is 286 g/mol. The van der Waals surface area contributed by atoms with Gasteiger partial charge in [0.05, 0.1) is 11.0 Å². The van der Waals surface area contributed by atoms with Crippen LogP contribution in [0.5, 0.6) is 0 Å². The van der Waals surface area contributed by atoms with Crippen LogP contribution in [0, 0.1) is 15.9 Å². The molecule has 1 amide bonds. The molecule has 110 valence electrons. The highest BCUT2D eigenvalue weighted by atomic mass is 19.1. The van der Waals surface area contributed by atoms with Crippen LogP contribution in [-0.4, -0.2) is 30.3 Å². The number of benzene rings is 1. The quantitative estimate of drug-likeness (QED) is 0.470. The van der Waals surface area contributed by atoms with E-state index in [-0.39, 0.29) is 18.9 Å². The molecule has 1 N–H and O–H groups in total. The molecule has 1 aromatic carbocycles. The van der Waals surface area contributed by atoms with E-state index < -0.39 is 28.6 Å². The standard InChI is InChI=1S/C12H15FN2O5/c1-3-19-12(20-4-2)11(16)14-9-6-5-8(13)7-10(9)15(17)18/h5-7,12H,3-4H2,1-2H3,(H,14,16). The third-order valence-corrected chi connectivity index (χ3v) is 2.26. The predicted molar refractivity (Wildman–Crippen MR) is 68.7 cm³/mol. The van der Waals surface area contributed by atoms with Gasteiger partial charge in [-0.05, 0) is 26.0 Å². The zero-order chi connectivity index (χ0) is 15.1. The molecule has 8 heteroatoms. The van der Waals surface area contributed by atoms with Gasteiger partial charge in [-0.1, -0.05) is 0 Å². The lowest BCUT2D eigenvalue weighted by Gasteiger charge is -2.16. The van der Waals surface area contributed by atoms with Gasteiger partial charge in [0.25, 0.3) is 11.6 Å². The van der Waals surface area contributed by atoms with Crippen LogP contribution in [0.1, 0.15) is 13.8 Å². The molecule has 0 bridgehead atoms. The molecule has 0 aromatic heterocycles. The van der Waals surface area contributed by atoms with Crippen LogP contribution >= 0.6 is 0 Å². The number of halogens is 1. The number of carbonyl (C=O) groups excluding carboxylic acids is 1. The molecule has 20 heavy (non-hydrogen) atoms. The van der Waals surface area contributed by atoms with Crippen LogP contribution in [0.4, 0.5) is 15.8 Å². The Kier molecular flexibility index (Phi) is 6.01. The van der Waals surface area contributed by atoms with Gasteiger partial charge in [-0.25, -0.2) is 4.39 Å². The fourth-order valence-corrected chi connectivity index (χ4v) is 1.46. The van der Waals surface area contributed by atoms with Crippen LogP contribution in [0.3, 0.4) is 0 Å². The zero-order valence-electron chi connectivity index (χ0n) is 11.1. The molecule has 0 saturated heterocycles. The van der Waals surface area contributed by atoms with Gasteiger partial charge < -0.3 is 14.8 Å². The molecule has 0 aliphatic heterocycles. The van der Waals surface area contributed by atoms with E-state index in [0.29, 0.717) is 0 Å². The highest BCUT2D eigenvalue weighted by Gasteiger charge is 2.23. The number of amides is 1. The van der Waals surface area contributed by atoms with Crippen molar-refractivity contribution >= 4 is 17.3 Å². The van der Waals surface area contributed by atoms with Gasteiger partial charge in [0.1, 0.15) is 11.5 Å². The van der Waals surface area contributed by atoms with Crippen LogP contribution in [-0.2, 0) is 14.3 Å². The Hall–Kier alpha value is -2.06. The lowest BCUT2D eigenvalue weighted by molar-refractivity contribution is -0.384. The van der Waals surface area contributed by atoms with Crippen LogP contribution in [0.25, 0.3) is 0 Å². The number of nitro benzene ring substituents is 1. The highest BCUT2D eigenvalue weighted by Crippen LogP contribution is 2.25. The number of nitrogens with one attached hydrogen (secondary N) is 1. The number of hydrogen-bond acceptors (Lipinski definition) is 5. The smallest absolute Gasteiger partial charge is 0.295 e. The third kappa shape index (κ3) is 4.25. The summed E-state index contributed by atoms with van der Waals surface area (Å²) in [6.07, 6.45) is -1.17. The molecule has 0 radical (unpaired) electrons. The van der Waals surface area contributed by atoms with E-state index in [1.54, 1.807) is 13.8 Å². The second-order valence-electron chi connectivity index (χ2n) is 3.65. The van der Waals surface area contributed by atoms with Crippen LogP contribution in [0.15, 0.2) is 18.2 Å². The number of nitrogens with zero attached hydrogens (tertiary/aromatic N) is 1. The van der Waals surface area contributed by atoms with Crippen LogP contribution < -0.4 is 5.32 Å². The van der Waals surface area contributed by atoms with Crippen molar-refractivity contribution in [2.45, 2.75) is 20.1 Å². The van der Waals surface area contributed by atoms with Crippen molar-refractivity contribution in [3.05, 3.63) is 34.1 Å². The summed E-state index contributed by atoms with van der Waals surface area (Å²) in [6.45, 7) is 3.84. The summed E-state index contributed by atoms with van der Waals surface area (Å²) in [5.74, 6) is -1.45. The second kappa shape index (κ2) is 7.51. The van der Waals surface area contributed by atoms with Crippen molar-refractivity contribution in [1.82, 2.24) is 0 Å².